The van der Waals surface area contributed by atoms with E-state index in [2.05, 4.69) is 15.0 Å². The molecule has 156 valence electrons. The van der Waals surface area contributed by atoms with Gasteiger partial charge in [-0.25, -0.2) is 4.57 Å². The Morgan fingerprint density at radius 2 is 1.78 bits per heavy atom. The SMILES string of the molecule is CCC(C)CC(=O)NCCOP(=O)(N=O)OCC(COC(C)=O)OC(C)=O. The topological polar surface area (TPSA) is 147 Å². The molecule has 0 rings (SSSR count). The Hall–Kier alpha value is -1.84. The Morgan fingerprint density at radius 1 is 1.11 bits per heavy atom. The molecule has 27 heavy (non-hydrogen) atoms. The second kappa shape index (κ2) is 13.3. The second-order valence-corrected chi connectivity index (χ2v) is 7.40. The molecule has 0 aliphatic carbocycles. The van der Waals surface area contributed by atoms with E-state index in [0.717, 1.165) is 20.3 Å². The molecule has 0 aliphatic heterocycles. The second-order valence-electron chi connectivity index (χ2n) is 5.78. The third kappa shape index (κ3) is 13.0. The van der Waals surface area contributed by atoms with E-state index >= 15 is 0 Å². The van der Waals surface area contributed by atoms with Crippen LogP contribution in [0.15, 0.2) is 4.95 Å². The molecule has 0 aromatic carbocycles. The van der Waals surface area contributed by atoms with Gasteiger partial charge in [-0.3, -0.25) is 23.4 Å². The van der Waals surface area contributed by atoms with Gasteiger partial charge < -0.3 is 14.8 Å². The van der Waals surface area contributed by atoms with E-state index in [-0.39, 0.29) is 31.6 Å². The number of rotatable bonds is 14. The van der Waals surface area contributed by atoms with Crippen LogP contribution < -0.4 is 5.32 Å². The Kier molecular flexibility index (Phi) is 12.4. The van der Waals surface area contributed by atoms with Crippen molar-refractivity contribution in [2.45, 2.75) is 46.6 Å². The predicted molar refractivity (Wildman–Crippen MR) is 94.6 cm³/mol. The van der Waals surface area contributed by atoms with Crippen LogP contribution in [0.2, 0.25) is 0 Å². The number of hydrogen-bond acceptors (Lipinski definition) is 9. The molecule has 1 N–H and O–H groups in total. The summed E-state index contributed by atoms with van der Waals surface area (Å²) in [6, 6.07) is 0. The van der Waals surface area contributed by atoms with Gasteiger partial charge in [0.05, 0.1) is 13.2 Å². The van der Waals surface area contributed by atoms with E-state index in [9.17, 15) is 23.9 Å². The normalized spacial score (nSPS) is 15.1. The molecule has 0 saturated heterocycles. The molecule has 0 bridgehead atoms. The van der Waals surface area contributed by atoms with E-state index in [4.69, 9.17) is 13.8 Å². The summed E-state index contributed by atoms with van der Waals surface area (Å²) in [5, 5.41) is 2.56. The summed E-state index contributed by atoms with van der Waals surface area (Å²) in [6.45, 7) is 5.05. The maximum atomic E-state index is 12.1. The van der Waals surface area contributed by atoms with Crippen LogP contribution in [0.4, 0.5) is 0 Å². The van der Waals surface area contributed by atoms with Gasteiger partial charge >= 0.3 is 19.7 Å². The molecule has 0 saturated carbocycles. The predicted octanol–water partition coefficient (Wildman–Crippen LogP) is 1.94. The van der Waals surface area contributed by atoms with Gasteiger partial charge in [-0.15, -0.1) is 4.91 Å². The van der Waals surface area contributed by atoms with Gasteiger partial charge in [-0.1, -0.05) is 20.3 Å². The Morgan fingerprint density at radius 3 is 2.30 bits per heavy atom. The molecular formula is C15H27N2O9P. The fourth-order valence-corrected chi connectivity index (χ4v) is 2.55. The molecule has 0 aromatic rings. The van der Waals surface area contributed by atoms with Crippen molar-refractivity contribution in [1.29, 1.82) is 0 Å². The van der Waals surface area contributed by atoms with Crippen LogP contribution in [0.5, 0.6) is 0 Å². The van der Waals surface area contributed by atoms with E-state index in [1.54, 1.807) is 0 Å². The molecule has 0 aromatic heterocycles. The molecule has 3 atom stereocenters. The minimum atomic E-state index is -4.35. The molecule has 0 aliphatic rings. The zero-order valence-corrected chi connectivity index (χ0v) is 16.9. The van der Waals surface area contributed by atoms with Gasteiger partial charge in [-0.05, 0) is 5.92 Å². The lowest BCUT2D eigenvalue weighted by molar-refractivity contribution is -0.158. The van der Waals surface area contributed by atoms with Crippen LogP contribution in [-0.2, 0) is 37.5 Å². The molecular weight excluding hydrogens is 383 g/mol. The Labute approximate surface area is 158 Å². The molecule has 0 spiro atoms. The molecule has 0 fully saturated rings. The largest absolute Gasteiger partial charge is 0.489 e. The van der Waals surface area contributed by atoms with Gasteiger partial charge in [0, 0.05) is 31.8 Å². The summed E-state index contributed by atoms with van der Waals surface area (Å²) in [4.78, 5) is 46.6. The first-order valence-electron chi connectivity index (χ1n) is 8.43. The lowest BCUT2D eigenvalue weighted by Gasteiger charge is -2.18. The van der Waals surface area contributed by atoms with Crippen LogP contribution in [0.25, 0.3) is 0 Å². The monoisotopic (exact) mass is 410 g/mol. The van der Waals surface area contributed by atoms with E-state index < -0.39 is 32.4 Å². The number of nitrogens with one attached hydrogen (secondary N) is 1. The summed E-state index contributed by atoms with van der Waals surface area (Å²) in [6.07, 6.45) is 0.121. The first-order chi connectivity index (χ1) is 12.6. The van der Waals surface area contributed by atoms with Crippen molar-refractivity contribution in [3.05, 3.63) is 4.91 Å². The van der Waals surface area contributed by atoms with Crippen LogP contribution >= 0.6 is 7.75 Å². The van der Waals surface area contributed by atoms with Crippen molar-refractivity contribution < 1.29 is 37.5 Å². The Bertz CT molecular complexity index is 555. The number of amides is 1. The minimum Gasteiger partial charge on any atom is -0.462 e. The number of nitrogens with zero attached hydrogens (tertiary/aromatic N) is 1. The summed E-state index contributed by atoms with van der Waals surface area (Å²) >= 11 is 0. The highest BCUT2D eigenvalue weighted by Crippen LogP contribution is 2.49. The number of hydrogen-bond donors (Lipinski definition) is 1. The van der Waals surface area contributed by atoms with Crippen LogP contribution in [0.3, 0.4) is 0 Å². The molecule has 1 amide bonds. The smallest absolute Gasteiger partial charge is 0.462 e. The highest BCUT2D eigenvalue weighted by Gasteiger charge is 2.29. The average molecular weight is 410 g/mol. The van der Waals surface area contributed by atoms with Crippen LogP contribution in [-0.4, -0.2) is 50.3 Å². The van der Waals surface area contributed by atoms with Crippen molar-refractivity contribution in [1.82, 2.24) is 5.32 Å². The molecule has 3 unspecified atom stereocenters. The van der Waals surface area contributed by atoms with Gasteiger partial charge in [0.15, 0.2) is 6.10 Å². The molecule has 0 radical (unpaired) electrons. The summed E-state index contributed by atoms with van der Waals surface area (Å²) in [7, 11) is -4.35. The number of esters is 2. The van der Waals surface area contributed by atoms with E-state index in [1.807, 2.05) is 13.8 Å². The lowest BCUT2D eigenvalue weighted by Crippen LogP contribution is -2.29. The van der Waals surface area contributed by atoms with Gasteiger partial charge in [-0.2, -0.15) is 0 Å². The van der Waals surface area contributed by atoms with Gasteiger partial charge in [0.25, 0.3) is 0 Å². The van der Waals surface area contributed by atoms with Crippen LogP contribution in [0.1, 0.15) is 40.5 Å². The lowest BCUT2D eigenvalue weighted by atomic mass is 10.1. The Balaban J connectivity index is 4.41. The standard InChI is InChI=1S/C15H27N2O9P/c1-5-11(2)8-15(20)16-6-7-24-27(22,17-21)25-10-14(26-13(4)19)9-23-12(3)18/h11,14H,5-10H2,1-4H3,(H,16,20). The van der Waals surface area contributed by atoms with Crippen molar-refractivity contribution in [2.75, 3.05) is 26.4 Å². The highest BCUT2D eigenvalue weighted by molar-refractivity contribution is 7.52. The molecule has 12 heteroatoms. The number of carbonyl (C=O) groups is 3. The summed E-state index contributed by atoms with van der Waals surface area (Å²) in [5.41, 5.74) is 0. The van der Waals surface area contributed by atoms with E-state index in [1.165, 1.54) is 0 Å². The van der Waals surface area contributed by atoms with Crippen LogP contribution in [0, 0.1) is 10.8 Å². The maximum Gasteiger partial charge on any atom is 0.489 e. The van der Waals surface area contributed by atoms with Crippen molar-refractivity contribution in [3.8, 4) is 0 Å². The first kappa shape index (κ1) is 25.2. The number of carbonyl (C=O) groups excluding carboxylic acids is 3. The third-order valence-corrected chi connectivity index (χ3v) is 4.42. The van der Waals surface area contributed by atoms with Crippen molar-refractivity contribution in [2.24, 2.45) is 10.9 Å². The maximum absolute atomic E-state index is 12.1. The van der Waals surface area contributed by atoms with Crippen molar-refractivity contribution >= 4 is 25.6 Å². The minimum absolute atomic E-state index is 0.0129. The highest BCUT2D eigenvalue weighted by atomic mass is 31.2. The number of nitroso groups, excluding NO2 is 1. The summed E-state index contributed by atoms with van der Waals surface area (Å²) in [5.74, 6) is -1.27. The zero-order valence-electron chi connectivity index (χ0n) is 16.0. The number of ether oxygens (including phenoxy) is 2. The van der Waals surface area contributed by atoms with Gasteiger partial charge in [0.1, 0.15) is 6.61 Å². The van der Waals surface area contributed by atoms with Crippen molar-refractivity contribution in [3.63, 3.8) is 0 Å². The average Bonchev–Trinajstić information content (AvgIpc) is 2.60. The van der Waals surface area contributed by atoms with E-state index in [0.29, 0.717) is 6.42 Å². The third-order valence-electron chi connectivity index (χ3n) is 3.24. The molecule has 0 heterocycles. The summed E-state index contributed by atoms with van der Waals surface area (Å²) < 4.78 is 31.3. The quantitative estimate of drug-likeness (QED) is 0.196. The fourth-order valence-electron chi connectivity index (χ4n) is 1.71. The fraction of sp³-hybridized carbons (Fsp3) is 0.800. The molecule has 11 nitrogen and oxygen atoms in total. The zero-order chi connectivity index (χ0) is 20.9. The van der Waals surface area contributed by atoms with Gasteiger partial charge in [0.2, 0.25) is 5.91 Å². The first-order valence-corrected chi connectivity index (χ1v) is 9.92.